The first-order valence-corrected chi connectivity index (χ1v) is 5.09. The molecule has 0 saturated carbocycles. The predicted octanol–water partition coefficient (Wildman–Crippen LogP) is 2.94. The van der Waals surface area contributed by atoms with Crippen LogP contribution in [-0.4, -0.2) is 7.11 Å². The molecule has 84 valence electrons. The standard InChI is InChI=1S/C13H14O3/c1-3-4-10-9-11(14-2)5-6-12(10)13-15-7-8-16-13/h3,5-9,13H,1,4H2,2H3. The Labute approximate surface area is 94.9 Å². The van der Waals surface area contributed by atoms with Gasteiger partial charge in [-0.2, -0.15) is 0 Å². The van der Waals surface area contributed by atoms with E-state index in [9.17, 15) is 0 Å². The van der Waals surface area contributed by atoms with Crippen LogP contribution in [-0.2, 0) is 15.9 Å². The van der Waals surface area contributed by atoms with E-state index in [0.29, 0.717) is 0 Å². The molecular weight excluding hydrogens is 204 g/mol. The third-order valence-corrected chi connectivity index (χ3v) is 2.43. The van der Waals surface area contributed by atoms with Crippen LogP contribution in [0.3, 0.4) is 0 Å². The van der Waals surface area contributed by atoms with Gasteiger partial charge in [-0.1, -0.05) is 6.08 Å². The second kappa shape index (κ2) is 4.75. The Morgan fingerprint density at radius 3 is 2.75 bits per heavy atom. The van der Waals surface area contributed by atoms with Crippen molar-refractivity contribution in [1.29, 1.82) is 0 Å². The first-order valence-electron chi connectivity index (χ1n) is 5.09. The lowest BCUT2D eigenvalue weighted by molar-refractivity contribution is -0.0251. The van der Waals surface area contributed by atoms with Crippen molar-refractivity contribution in [1.82, 2.24) is 0 Å². The van der Waals surface area contributed by atoms with Crippen molar-refractivity contribution in [2.45, 2.75) is 12.7 Å². The summed E-state index contributed by atoms with van der Waals surface area (Å²) in [7, 11) is 1.65. The van der Waals surface area contributed by atoms with Gasteiger partial charge in [0.1, 0.15) is 18.3 Å². The van der Waals surface area contributed by atoms with Gasteiger partial charge in [0.25, 0.3) is 6.29 Å². The normalized spacial score (nSPS) is 14.3. The van der Waals surface area contributed by atoms with Gasteiger partial charge in [0.05, 0.1) is 7.11 Å². The molecule has 0 amide bonds. The number of methoxy groups -OCH3 is 1. The summed E-state index contributed by atoms with van der Waals surface area (Å²) in [4.78, 5) is 0. The number of rotatable bonds is 4. The minimum atomic E-state index is -0.346. The SMILES string of the molecule is C=CCc1cc(OC)ccc1C1OC=CO1. The van der Waals surface area contributed by atoms with E-state index < -0.39 is 0 Å². The Morgan fingerprint density at radius 2 is 2.12 bits per heavy atom. The number of hydrogen-bond acceptors (Lipinski definition) is 3. The molecule has 0 unspecified atom stereocenters. The maximum absolute atomic E-state index is 5.32. The summed E-state index contributed by atoms with van der Waals surface area (Å²) in [6, 6.07) is 5.82. The van der Waals surface area contributed by atoms with Crippen molar-refractivity contribution in [3.8, 4) is 5.75 Å². The molecule has 0 N–H and O–H groups in total. The molecule has 0 aromatic heterocycles. The van der Waals surface area contributed by atoms with Crippen LogP contribution in [0.15, 0.2) is 43.4 Å². The van der Waals surface area contributed by atoms with E-state index in [4.69, 9.17) is 14.2 Å². The van der Waals surface area contributed by atoms with Crippen molar-refractivity contribution in [3.63, 3.8) is 0 Å². The average Bonchev–Trinajstić information content (AvgIpc) is 2.83. The predicted molar refractivity (Wildman–Crippen MR) is 60.9 cm³/mol. The van der Waals surface area contributed by atoms with Crippen LogP contribution in [0.5, 0.6) is 5.75 Å². The summed E-state index contributed by atoms with van der Waals surface area (Å²) in [6.07, 6.45) is 5.36. The third-order valence-electron chi connectivity index (χ3n) is 2.43. The Balaban J connectivity index is 2.31. The summed E-state index contributed by atoms with van der Waals surface area (Å²) in [5.41, 5.74) is 2.11. The Hall–Kier alpha value is -1.90. The van der Waals surface area contributed by atoms with E-state index in [1.807, 2.05) is 24.3 Å². The zero-order valence-electron chi connectivity index (χ0n) is 9.18. The molecule has 1 aromatic carbocycles. The first kappa shape index (κ1) is 10.6. The van der Waals surface area contributed by atoms with Gasteiger partial charge in [-0.05, 0) is 30.2 Å². The van der Waals surface area contributed by atoms with Crippen LogP contribution in [0.4, 0.5) is 0 Å². The van der Waals surface area contributed by atoms with Crippen molar-refractivity contribution >= 4 is 0 Å². The second-order valence-corrected chi connectivity index (χ2v) is 3.43. The highest BCUT2D eigenvalue weighted by Gasteiger charge is 2.19. The van der Waals surface area contributed by atoms with Crippen LogP contribution in [0.1, 0.15) is 17.4 Å². The smallest absolute Gasteiger partial charge is 0.266 e. The molecule has 0 bridgehead atoms. The Morgan fingerprint density at radius 1 is 1.38 bits per heavy atom. The summed E-state index contributed by atoms with van der Waals surface area (Å²) >= 11 is 0. The quantitative estimate of drug-likeness (QED) is 0.727. The monoisotopic (exact) mass is 218 g/mol. The highest BCUT2D eigenvalue weighted by molar-refractivity contribution is 5.37. The number of benzene rings is 1. The fourth-order valence-corrected chi connectivity index (χ4v) is 1.66. The molecule has 3 nitrogen and oxygen atoms in total. The minimum absolute atomic E-state index is 0.346. The summed E-state index contributed by atoms with van der Waals surface area (Å²) < 4.78 is 15.8. The molecule has 1 aromatic rings. The molecule has 1 aliphatic rings. The van der Waals surface area contributed by atoms with E-state index in [0.717, 1.165) is 23.3 Å². The molecule has 0 radical (unpaired) electrons. The van der Waals surface area contributed by atoms with Crippen molar-refractivity contribution in [2.75, 3.05) is 7.11 Å². The summed E-state index contributed by atoms with van der Waals surface area (Å²) in [5.74, 6) is 0.826. The molecular formula is C13H14O3. The highest BCUT2D eigenvalue weighted by Crippen LogP contribution is 2.29. The maximum atomic E-state index is 5.32. The van der Waals surface area contributed by atoms with E-state index >= 15 is 0 Å². The number of ether oxygens (including phenoxy) is 3. The zero-order chi connectivity index (χ0) is 11.4. The van der Waals surface area contributed by atoms with Crippen molar-refractivity contribution < 1.29 is 14.2 Å². The Bertz CT molecular complexity index is 402. The molecule has 1 heterocycles. The van der Waals surface area contributed by atoms with Gasteiger partial charge in [-0.15, -0.1) is 6.58 Å². The molecule has 2 rings (SSSR count). The molecule has 0 saturated heterocycles. The van der Waals surface area contributed by atoms with E-state index in [1.54, 1.807) is 19.6 Å². The van der Waals surface area contributed by atoms with E-state index in [-0.39, 0.29) is 6.29 Å². The fourth-order valence-electron chi connectivity index (χ4n) is 1.66. The van der Waals surface area contributed by atoms with Crippen LogP contribution >= 0.6 is 0 Å². The minimum Gasteiger partial charge on any atom is -0.497 e. The topological polar surface area (TPSA) is 27.7 Å². The summed E-state index contributed by atoms with van der Waals surface area (Å²) in [6.45, 7) is 3.74. The first-order chi connectivity index (χ1) is 7.85. The lowest BCUT2D eigenvalue weighted by Gasteiger charge is -2.15. The van der Waals surface area contributed by atoms with E-state index in [2.05, 4.69) is 6.58 Å². The number of hydrogen-bond donors (Lipinski definition) is 0. The lowest BCUT2D eigenvalue weighted by Crippen LogP contribution is -2.03. The lowest BCUT2D eigenvalue weighted by atomic mass is 10.0. The second-order valence-electron chi connectivity index (χ2n) is 3.43. The van der Waals surface area contributed by atoms with Crippen LogP contribution in [0.25, 0.3) is 0 Å². The zero-order valence-corrected chi connectivity index (χ0v) is 9.18. The molecule has 16 heavy (non-hydrogen) atoms. The van der Waals surface area contributed by atoms with Crippen molar-refractivity contribution in [3.05, 3.63) is 54.5 Å². The van der Waals surface area contributed by atoms with E-state index in [1.165, 1.54) is 0 Å². The summed E-state index contributed by atoms with van der Waals surface area (Å²) in [5, 5.41) is 0. The van der Waals surface area contributed by atoms with Crippen LogP contribution < -0.4 is 4.74 Å². The van der Waals surface area contributed by atoms with Gasteiger partial charge >= 0.3 is 0 Å². The van der Waals surface area contributed by atoms with Gasteiger partial charge in [-0.25, -0.2) is 0 Å². The average molecular weight is 218 g/mol. The van der Waals surface area contributed by atoms with Gasteiger partial charge in [0.2, 0.25) is 0 Å². The molecule has 3 heteroatoms. The molecule has 1 aliphatic heterocycles. The van der Waals surface area contributed by atoms with Crippen molar-refractivity contribution in [2.24, 2.45) is 0 Å². The van der Waals surface area contributed by atoms with Gasteiger partial charge < -0.3 is 14.2 Å². The molecule has 0 atom stereocenters. The van der Waals surface area contributed by atoms with Crippen LogP contribution in [0, 0.1) is 0 Å². The van der Waals surface area contributed by atoms with Gasteiger partial charge in [-0.3, -0.25) is 0 Å². The molecule has 0 aliphatic carbocycles. The number of allylic oxidation sites excluding steroid dienone is 1. The van der Waals surface area contributed by atoms with Gasteiger partial charge in [0, 0.05) is 5.56 Å². The maximum Gasteiger partial charge on any atom is 0.266 e. The third kappa shape index (κ3) is 2.03. The van der Waals surface area contributed by atoms with Gasteiger partial charge in [0.15, 0.2) is 0 Å². The van der Waals surface area contributed by atoms with Crippen LogP contribution in [0.2, 0.25) is 0 Å². The molecule has 0 spiro atoms. The highest BCUT2D eigenvalue weighted by atomic mass is 16.7. The fraction of sp³-hybridized carbons (Fsp3) is 0.231. The Kier molecular flexibility index (Phi) is 3.15. The largest absolute Gasteiger partial charge is 0.497 e. The molecule has 0 fully saturated rings.